The Kier molecular flexibility index (Phi) is 5.66. The van der Waals surface area contributed by atoms with E-state index in [1.807, 2.05) is 18.2 Å². The van der Waals surface area contributed by atoms with Crippen molar-refractivity contribution in [3.05, 3.63) is 59.2 Å². The maximum absolute atomic E-state index is 13.1. The van der Waals surface area contributed by atoms with Gasteiger partial charge in [-0.2, -0.15) is 0 Å². The Bertz CT molecular complexity index is 976. The minimum atomic E-state index is -0.0369. The second-order valence-corrected chi connectivity index (χ2v) is 9.24. The third-order valence-corrected chi connectivity index (χ3v) is 6.87. The maximum Gasteiger partial charge on any atom is 0.253 e. The molecule has 1 aliphatic heterocycles. The molecular formula is C26H31N3O2. The fraction of sp³-hybridized carbons (Fsp3) is 0.462. The second-order valence-electron chi connectivity index (χ2n) is 9.24. The molecule has 5 rings (SSSR count). The summed E-state index contributed by atoms with van der Waals surface area (Å²) in [7, 11) is 0. The van der Waals surface area contributed by atoms with Crippen LogP contribution in [0.4, 0.5) is 11.4 Å². The Morgan fingerprint density at radius 2 is 1.68 bits per heavy atom. The molecule has 5 nitrogen and oxygen atoms in total. The van der Waals surface area contributed by atoms with Crippen LogP contribution in [-0.4, -0.2) is 24.4 Å². The van der Waals surface area contributed by atoms with Gasteiger partial charge in [0.2, 0.25) is 5.91 Å². The first kappa shape index (κ1) is 20.1. The van der Waals surface area contributed by atoms with Crippen LogP contribution in [0.1, 0.15) is 66.4 Å². The van der Waals surface area contributed by atoms with Crippen molar-refractivity contribution in [2.24, 2.45) is 5.92 Å². The predicted octanol–water partition coefficient (Wildman–Crippen LogP) is 4.66. The number of hydrogen-bond donors (Lipinski definition) is 2. The molecule has 0 aromatic heterocycles. The summed E-state index contributed by atoms with van der Waals surface area (Å²) in [6.07, 6.45) is 8.48. The summed E-state index contributed by atoms with van der Waals surface area (Å²) in [5.41, 5.74) is 5.03. The number of carbonyl (C=O) groups excluding carboxylic acids is 2. The van der Waals surface area contributed by atoms with Crippen molar-refractivity contribution in [2.75, 3.05) is 16.8 Å². The highest BCUT2D eigenvalue weighted by Crippen LogP contribution is 2.31. The molecule has 162 valence electrons. The molecule has 2 N–H and O–H groups in total. The maximum atomic E-state index is 13.1. The van der Waals surface area contributed by atoms with Gasteiger partial charge >= 0.3 is 0 Å². The normalized spacial score (nSPS) is 18.9. The minimum absolute atomic E-state index is 0.0369. The lowest BCUT2D eigenvalue weighted by Crippen LogP contribution is -2.34. The van der Waals surface area contributed by atoms with E-state index in [9.17, 15) is 9.59 Å². The average Bonchev–Trinajstić information content (AvgIpc) is 3.63. The van der Waals surface area contributed by atoms with Crippen molar-refractivity contribution in [1.29, 1.82) is 0 Å². The van der Waals surface area contributed by atoms with Crippen molar-refractivity contribution < 1.29 is 9.59 Å². The first-order valence-electron chi connectivity index (χ1n) is 11.7. The Balaban J connectivity index is 1.39. The molecule has 0 saturated heterocycles. The SMILES string of the molecule is O=C(NC1CC1)c1cc(NC(=O)C2CCCCC2)ccc1N1CCc2ccccc2C1. The quantitative estimate of drug-likeness (QED) is 0.744. The molecule has 2 aromatic carbocycles. The molecule has 0 spiro atoms. The molecular weight excluding hydrogens is 386 g/mol. The number of anilines is 2. The zero-order valence-corrected chi connectivity index (χ0v) is 18.0. The van der Waals surface area contributed by atoms with E-state index >= 15 is 0 Å². The number of rotatable bonds is 5. The van der Waals surface area contributed by atoms with Crippen molar-refractivity contribution in [3.63, 3.8) is 0 Å². The summed E-state index contributed by atoms with van der Waals surface area (Å²) < 4.78 is 0. The molecule has 2 saturated carbocycles. The van der Waals surface area contributed by atoms with Gasteiger partial charge in [0.15, 0.2) is 0 Å². The van der Waals surface area contributed by atoms with Gasteiger partial charge in [-0.25, -0.2) is 0 Å². The smallest absolute Gasteiger partial charge is 0.253 e. The molecule has 2 aliphatic carbocycles. The zero-order valence-electron chi connectivity index (χ0n) is 18.0. The van der Waals surface area contributed by atoms with Crippen LogP contribution in [0.3, 0.4) is 0 Å². The van der Waals surface area contributed by atoms with Crippen LogP contribution in [0, 0.1) is 5.92 Å². The van der Waals surface area contributed by atoms with Gasteiger partial charge < -0.3 is 15.5 Å². The molecule has 0 radical (unpaired) electrons. The van der Waals surface area contributed by atoms with E-state index in [2.05, 4.69) is 39.8 Å². The summed E-state index contributed by atoms with van der Waals surface area (Å²) in [5.74, 6) is 0.147. The van der Waals surface area contributed by atoms with Crippen molar-refractivity contribution in [2.45, 2.75) is 64.0 Å². The first-order valence-corrected chi connectivity index (χ1v) is 11.7. The van der Waals surface area contributed by atoms with Gasteiger partial charge in [0.1, 0.15) is 0 Å². The van der Waals surface area contributed by atoms with Crippen LogP contribution < -0.4 is 15.5 Å². The lowest BCUT2D eigenvalue weighted by molar-refractivity contribution is -0.120. The monoisotopic (exact) mass is 417 g/mol. The third kappa shape index (κ3) is 4.60. The van der Waals surface area contributed by atoms with Crippen LogP contribution in [0.2, 0.25) is 0 Å². The fourth-order valence-electron chi connectivity index (χ4n) is 4.87. The second kappa shape index (κ2) is 8.74. The van der Waals surface area contributed by atoms with Gasteiger partial charge in [-0.3, -0.25) is 9.59 Å². The summed E-state index contributed by atoms with van der Waals surface area (Å²) in [5, 5.41) is 6.22. The number of benzene rings is 2. The van der Waals surface area contributed by atoms with Gasteiger partial charge in [-0.05, 0) is 61.4 Å². The van der Waals surface area contributed by atoms with E-state index in [0.717, 1.165) is 69.4 Å². The van der Waals surface area contributed by atoms with E-state index in [1.54, 1.807) is 0 Å². The standard InChI is InChI=1S/C26H31N3O2/c30-25(19-7-2-1-3-8-19)28-22-12-13-24(23(16-22)26(31)27-21-10-11-21)29-15-14-18-6-4-5-9-20(18)17-29/h4-6,9,12-13,16,19,21H,1-3,7-8,10-11,14-15,17H2,(H,27,31)(H,28,30). The summed E-state index contributed by atoms with van der Waals surface area (Å²) >= 11 is 0. The Morgan fingerprint density at radius 1 is 0.903 bits per heavy atom. The molecule has 1 heterocycles. The van der Waals surface area contributed by atoms with Crippen molar-refractivity contribution in [1.82, 2.24) is 5.32 Å². The predicted molar refractivity (Wildman–Crippen MR) is 123 cm³/mol. The van der Waals surface area contributed by atoms with Gasteiger partial charge in [-0.15, -0.1) is 0 Å². The van der Waals surface area contributed by atoms with Crippen LogP contribution in [0.5, 0.6) is 0 Å². The molecule has 31 heavy (non-hydrogen) atoms. The number of carbonyl (C=O) groups is 2. The summed E-state index contributed by atoms with van der Waals surface area (Å²) in [6.45, 7) is 1.68. The van der Waals surface area contributed by atoms with E-state index in [0.29, 0.717) is 11.6 Å². The van der Waals surface area contributed by atoms with E-state index in [1.165, 1.54) is 17.5 Å². The van der Waals surface area contributed by atoms with Crippen LogP contribution in [0.15, 0.2) is 42.5 Å². The lowest BCUT2D eigenvalue weighted by atomic mass is 9.88. The highest BCUT2D eigenvalue weighted by Gasteiger charge is 2.28. The van der Waals surface area contributed by atoms with Crippen LogP contribution >= 0.6 is 0 Å². The van der Waals surface area contributed by atoms with Gasteiger partial charge in [0, 0.05) is 36.4 Å². The first-order chi connectivity index (χ1) is 15.2. The van der Waals surface area contributed by atoms with Crippen LogP contribution in [0.25, 0.3) is 0 Å². The minimum Gasteiger partial charge on any atom is -0.366 e. The van der Waals surface area contributed by atoms with E-state index < -0.39 is 0 Å². The number of hydrogen-bond acceptors (Lipinski definition) is 3. The molecule has 2 fully saturated rings. The van der Waals surface area contributed by atoms with E-state index in [4.69, 9.17) is 0 Å². The van der Waals surface area contributed by atoms with Crippen molar-refractivity contribution in [3.8, 4) is 0 Å². The Labute approximate surface area is 184 Å². The van der Waals surface area contributed by atoms with Gasteiger partial charge in [-0.1, -0.05) is 43.5 Å². The number of nitrogens with zero attached hydrogens (tertiary/aromatic N) is 1. The number of amides is 2. The number of fused-ring (bicyclic) bond motifs is 1. The van der Waals surface area contributed by atoms with E-state index in [-0.39, 0.29) is 17.7 Å². The molecule has 0 bridgehead atoms. The highest BCUT2D eigenvalue weighted by atomic mass is 16.2. The Hall–Kier alpha value is -2.82. The Morgan fingerprint density at radius 3 is 2.45 bits per heavy atom. The summed E-state index contributed by atoms with van der Waals surface area (Å²) in [4.78, 5) is 28.1. The highest BCUT2D eigenvalue weighted by molar-refractivity contribution is 6.02. The zero-order chi connectivity index (χ0) is 21.2. The number of nitrogens with one attached hydrogen (secondary N) is 2. The average molecular weight is 418 g/mol. The topological polar surface area (TPSA) is 61.4 Å². The molecule has 5 heteroatoms. The molecule has 0 unspecified atom stereocenters. The molecule has 0 atom stereocenters. The molecule has 2 aromatic rings. The largest absolute Gasteiger partial charge is 0.366 e. The summed E-state index contributed by atoms with van der Waals surface area (Å²) in [6, 6.07) is 14.6. The van der Waals surface area contributed by atoms with Crippen LogP contribution in [-0.2, 0) is 17.8 Å². The third-order valence-electron chi connectivity index (χ3n) is 6.87. The van der Waals surface area contributed by atoms with Gasteiger partial charge in [0.25, 0.3) is 5.91 Å². The molecule has 3 aliphatic rings. The van der Waals surface area contributed by atoms with Gasteiger partial charge in [0.05, 0.1) is 5.56 Å². The molecule has 2 amide bonds. The fourth-order valence-corrected chi connectivity index (χ4v) is 4.87. The lowest BCUT2D eigenvalue weighted by Gasteiger charge is -2.32. The van der Waals surface area contributed by atoms with Crippen molar-refractivity contribution >= 4 is 23.2 Å².